The largest absolute Gasteiger partial charge is 0.383 e. The van der Waals surface area contributed by atoms with Gasteiger partial charge in [0.1, 0.15) is 17.5 Å². The summed E-state index contributed by atoms with van der Waals surface area (Å²) in [5, 5.41) is 13.5. The van der Waals surface area contributed by atoms with E-state index in [0.717, 1.165) is 25.1 Å². The van der Waals surface area contributed by atoms with Crippen LogP contribution in [-0.4, -0.2) is 9.78 Å². The molecular weight excluding hydrogens is 188 g/mol. The van der Waals surface area contributed by atoms with Crippen molar-refractivity contribution in [2.24, 2.45) is 5.92 Å². The first-order valence-electron chi connectivity index (χ1n) is 5.39. The van der Waals surface area contributed by atoms with E-state index in [1.807, 2.05) is 0 Å². The minimum atomic E-state index is 0.482. The third-order valence-electron chi connectivity index (χ3n) is 2.63. The number of hydrogen-bond donors (Lipinski definition) is 1. The average Bonchev–Trinajstić information content (AvgIpc) is 2.94. The lowest BCUT2D eigenvalue weighted by atomic mass is 10.2. The van der Waals surface area contributed by atoms with Crippen LogP contribution >= 0.6 is 0 Å². The quantitative estimate of drug-likeness (QED) is 0.817. The lowest BCUT2D eigenvalue weighted by Crippen LogP contribution is -2.09. The molecule has 1 fully saturated rings. The van der Waals surface area contributed by atoms with Gasteiger partial charge in [-0.25, -0.2) is 4.68 Å². The molecule has 80 valence electrons. The van der Waals surface area contributed by atoms with Crippen molar-refractivity contribution in [3.05, 3.63) is 11.3 Å². The third-order valence-corrected chi connectivity index (χ3v) is 2.63. The van der Waals surface area contributed by atoms with E-state index in [4.69, 9.17) is 11.0 Å². The molecule has 1 aromatic rings. The number of nitriles is 1. The highest BCUT2D eigenvalue weighted by molar-refractivity contribution is 5.53. The Bertz CT molecular complexity index is 407. The first-order chi connectivity index (χ1) is 7.13. The van der Waals surface area contributed by atoms with Crippen molar-refractivity contribution in [1.82, 2.24) is 9.78 Å². The summed E-state index contributed by atoms with van der Waals surface area (Å²) >= 11 is 0. The Morgan fingerprint density at radius 1 is 1.60 bits per heavy atom. The van der Waals surface area contributed by atoms with Crippen LogP contribution in [0.3, 0.4) is 0 Å². The van der Waals surface area contributed by atoms with E-state index < -0.39 is 0 Å². The van der Waals surface area contributed by atoms with E-state index in [9.17, 15) is 0 Å². The number of nitrogen functional groups attached to an aromatic ring is 1. The van der Waals surface area contributed by atoms with Crippen LogP contribution in [0.1, 0.15) is 43.9 Å². The van der Waals surface area contributed by atoms with Crippen molar-refractivity contribution in [3.8, 4) is 6.07 Å². The zero-order valence-electron chi connectivity index (χ0n) is 9.20. The number of nitrogens with zero attached hydrogens (tertiary/aromatic N) is 3. The number of nitrogens with two attached hydrogens (primary N) is 1. The summed E-state index contributed by atoms with van der Waals surface area (Å²) in [4.78, 5) is 0. The molecule has 1 aliphatic carbocycles. The molecule has 0 amide bonds. The fourth-order valence-corrected chi connectivity index (χ4v) is 1.74. The Balaban J connectivity index is 2.36. The zero-order chi connectivity index (χ0) is 11.0. The number of hydrogen-bond acceptors (Lipinski definition) is 3. The van der Waals surface area contributed by atoms with Gasteiger partial charge in [0.15, 0.2) is 0 Å². The fourth-order valence-electron chi connectivity index (χ4n) is 1.74. The van der Waals surface area contributed by atoms with Crippen molar-refractivity contribution in [3.63, 3.8) is 0 Å². The van der Waals surface area contributed by atoms with Gasteiger partial charge in [-0.2, -0.15) is 10.4 Å². The van der Waals surface area contributed by atoms with Gasteiger partial charge < -0.3 is 5.73 Å². The lowest BCUT2D eigenvalue weighted by Gasteiger charge is -2.06. The van der Waals surface area contributed by atoms with Gasteiger partial charge in [0.25, 0.3) is 0 Å². The van der Waals surface area contributed by atoms with Crippen LogP contribution in [0.25, 0.3) is 0 Å². The molecule has 1 aliphatic rings. The summed E-state index contributed by atoms with van der Waals surface area (Å²) in [6, 6.07) is 2.17. The first kappa shape index (κ1) is 10.0. The van der Waals surface area contributed by atoms with E-state index in [0.29, 0.717) is 23.2 Å². The van der Waals surface area contributed by atoms with Gasteiger partial charge in [-0.3, -0.25) is 0 Å². The van der Waals surface area contributed by atoms with E-state index in [1.165, 1.54) is 0 Å². The molecule has 0 aromatic carbocycles. The Kier molecular flexibility index (Phi) is 2.39. The maximum atomic E-state index is 9.04. The highest BCUT2D eigenvalue weighted by atomic mass is 15.3. The van der Waals surface area contributed by atoms with Crippen LogP contribution in [0.5, 0.6) is 0 Å². The van der Waals surface area contributed by atoms with Crippen LogP contribution in [0.2, 0.25) is 0 Å². The van der Waals surface area contributed by atoms with Gasteiger partial charge in [0.05, 0.1) is 5.69 Å². The van der Waals surface area contributed by atoms with E-state index in [1.54, 1.807) is 4.68 Å². The van der Waals surface area contributed by atoms with Gasteiger partial charge in [-0.1, -0.05) is 13.8 Å². The van der Waals surface area contributed by atoms with Gasteiger partial charge in [-0.05, 0) is 18.8 Å². The summed E-state index contributed by atoms with van der Waals surface area (Å²) < 4.78 is 1.77. The van der Waals surface area contributed by atoms with Crippen LogP contribution in [-0.2, 0) is 6.54 Å². The van der Waals surface area contributed by atoms with Gasteiger partial charge >= 0.3 is 0 Å². The highest BCUT2D eigenvalue weighted by Crippen LogP contribution is 2.42. The number of anilines is 1. The molecule has 0 saturated heterocycles. The minimum absolute atomic E-state index is 0.482. The number of rotatable bonds is 3. The van der Waals surface area contributed by atoms with E-state index >= 15 is 0 Å². The molecule has 2 rings (SSSR count). The molecule has 1 saturated carbocycles. The van der Waals surface area contributed by atoms with Gasteiger partial charge in [0.2, 0.25) is 0 Å². The molecule has 0 bridgehead atoms. The Hall–Kier alpha value is -1.50. The molecule has 4 heteroatoms. The van der Waals surface area contributed by atoms with E-state index in [-0.39, 0.29) is 0 Å². The van der Waals surface area contributed by atoms with Crippen molar-refractivity contribution in [2.75, 3.05) is 5.73 Å². The van der Waals surface area contributed by atoms with Crippen molar-refractivity contribution < 1.29 is 0 Å². The zero-order valence-corrected chi connectivity index (χ0v) is 9.20. The molecule has 1 aromatic heterocycles. The standard InChI is InChI=1S/C11H16N4/c1-7(2)6-15-11(13)9(5-12)10(14-15)8-3-4-8/h7-8H,3-4,6,13H2,1-2H3. The predicted molar refractivity (Wildman–Crippen MR) is 58.2 cm³/mol. The summed E-state index contributed by atoms with van der Waals surface area (Å²) in [5.41, 5.74) is 7.41. The monoisotopic (exact) mass is 204 g/mol. The third kappa shape index (κ3) is 1.82. The van der Waals surface area contributed by atoms with Crippen molar-refractivity contribution in [2.45, 2.75) is 39.2 Å². The molecule has 0 atom stereocenters. The summed E-state index contributed by atoms with van der Waals surface area (Å²) in [7, 11) is 0. The second-order valence-electron chi connectivity index (χ2n) is 4.61. The molecular formula is C11H16N4. The Morgan fingerprint density at radius 2 is 2.27 bits per heavy atom. The molecule has 2 N–H and O–H groups in total. The normalized spacial score (nSPS) is 15.6. The molecule has 0 radical (unpaired) electrons. The summed E-state index contributed by atoms with van der Waals surface area (Å²) in [6.07, 6.45) is 2.29. The minimum Gasteiger partial charge on any atom is -0.383 e. The Morgan fingerprint density at radius 3 is 2.73 bits per heavy atom. The van der Waals surface area contributed by atoms with Crippen LogP contribution < -0.4 is 5.73 Å². The second kappa shape index (κ2) is 3.58. The van der Waals surface area contributed by atoms with Gasteiger partial charge in [-0.15, -0.1) is 0 Å². The first-order valence-corrected chi connectivity index (χ1v) is 5.39. The summed E-state index contributed by atoms with van der Waals surface area (Å²) in [6.45, 7) is 5.02. The van der Waals surface area contributed by atoms with Crippen LogP contribution in [0, 0.1) is 17.2 Å². The topological polar surface area (TPSA) is 67.6 Å². The van der Waals surface area contributed by atoms with Crippen LogP contribution in [0.15, 0.2) is 0 Å². The molecule has 0 aliphatic heterocycles. The Labute approximate surface area is 89.7 Å². The van der Waals surface area contributed by atoms with E-state index in [2.05, 4.69) is 25.0 Å². The maximum absolute atomic E-state index is 9.04. The fraction of sp³-hybridized carbons (Fsp3) is 0.636. The molecule has 15 heavy (non-hydrogen) atoms. The molecule has 0 unspecified atom stereocenters. The highest BCUT2D eigenvalue weighted by Gasteiger charge is 2.31. The second-order valence-corrected chi connectivity index (χ2v) is 4.61. The molecule has 4 nitrogen and oxygen atoms in total. The summed E-state index contributed by atoms with van der Waals surface area (Å²) in [5.74, 6) is 1.51. The predicted octanol–water partition coefficient (Wildman–Crippen LogP) is 1.87. The SMILES string of the molecule is CC(C)Cn1nc(C2CC2)c(C#N)c1N. The van der Waals surface area contributed by atoms with Crippen LogP contribution in [0.4, 0.5) is 5.82 Å². The molecule has 0 spiro atoms. The maximum Gasteiger partial charge on any atom is 0.140 e. The number of aromatic nitrogens is 2. The van der Waals surface area contributed by atoms with Crippen molar-refractivity contribution >= 4 is 5.82 Å². The lowest BCUT2D eigenvalue weighted by molar-refractivity contribution is 0.485. The molecule has 1 heterocycles. The average molecular weight is 204 g/mol. The smallest absolute Gasteiger partial charge is 0.140 e. The van der Waals surface area contributed by atoms with Crippen molar-refractivity contribution in [1.29, 1.82) is 5.26 Å². The van der Waals surface area contributed by atoms with Gasteiger partial charge in [0, 0.05) is 12.5 Å².